The van der Waals surface area contributed by atoms with Crippen LogP contribution in [0.15, 0.2) is 71.3 Å². The highest BCUT2D eigenvalue weighted by atomic mass is 32.2. The molecule has 0 radical (unpaired) electrons. The van der Waals surface area contributed by atoms with Gasteiger partial charge in [0.1, 0.15) is 0 Å². The van der Waals surface area contributed by atoms with E-state index in [0.29, 0.717) is 42.6 Å². The van der Waals surface area contributed by atoms with Gasteiger partial charge in [0, 0.05) is 42.4 Å². The monoisotopic (exact) mass is 544 g/mol. The summed E-state index contributed by atoms with van der Waals surface area (Å²) in [6.45, 7) is 7.87. The molecule has 0 unspecified atom stereocenters. The molecule has 1 N–H and O–H groups in total. The first kappa shape index (κ1) is 26.8. The Morgan fingerprint density at radius 1 is 0.974 bits per heavy atom. The van der Waals surface area contributed by atoms with E-state index in [4.69, 9.17) is 4.52 Å². The van der Waals surface area contributed by atoms with Crippen LogP contribution in [0.2, 0.25) is 0 Å². The van der Waals surface area contributed by atoms with E-state index in [2.05, 4.69) is 20.4 Å². The van der Waals surface area contributed by atoms with Gasteiger partial charge >= 0.3 is 0 Å². The minimum absolute atomic E-state index is 0.163. The maximum absolute atomic E-state index is 12.9. The first-order valence-corrected chi connectivity index (χ1v) is 14.9. The summed E-state index contributed by atoms with van der Waals surface area (Å²) in [5.74, 6) is 1.57. The van der Waals surface area contributed by atoms with Crippen molar-refractivity contribution < 1.29 is 17.7 Å². The topological polar surface area (TPSA) is 105 Å². The van der Waals surface area contributed by atoms with Gasteiger partial charge in [0.05, 0.1) is 11.5 Å². The molecule has 3 aromatic carbocycles. The van der Waals surface area contributed by atoms with Gasteiger partial charge in [-0.1, -0.05) is 55.4 Å². The zero-order chi connectivity index (χ0) is 27.6. The number of carbonyl (C=O) groups excluding carboxylic acids is 1. The molecule has 1 amide bonds. The predicted molar refractivity (Wildman–Crippen MR) is 152 cm³/mol. The average Bonchev–Trinajstić information content (AvgIpc) is 3.42. The van der Waals surface area contributed by atoms with Crippen LogP contribution in [-0.2, 0) is 16.4 Å². The molecule has 202 valence electrons. The molecule has 0 saturated carbocycles. The molecule has 0 spiro atoms. The predicted octanol–water partition coefficient (Wildman–Crippen LogP) is 5.32. The zero-order valence-corrected chi connectivity index (χ0v) is 23.2. The fraction of sp³-hybridized carbons (Fsp3) is 0.300. The normalized spacial score (nSPS) is 15.4. The molecule has 0 aliphatic carbocycles. The zero-order valence-electron chi connectivity index (χ0n) is 22.3. The van der Waals surface area contributed by atoms with Gasteiger partial charge in [-0.15, -0.1) is 0 Å². The third-order valence-corrected chi connectivity index (χ3v) is 8.55. The molecule has 1 aliphatic rings. The van der Waals surface area contributed by atoms with Crippen molar-refractivity contribution in [3.8, 4) is 22.5 Å². The number of amides is 1. The number of benzene rings is 3. The van der Waals surface area contributed by atoms with Crippen molar-refractivity contribution in [2.24, 2.45) is 0 Å². The summed E-state index contributed by atoms with van der Waals surface area (Å²) in [4.78, 5) is 19.5. The number of hydrogen-bond donors (Lipinski definition) is 1. The summed E-state index contributed by atoms with van der Waals surface area (Å²) in [5, 5.41) is 7.08. The number of carbonyl (C=O) groups is 1. The summed E-state index contributed by atoms with van der Waals surface area (Å²) >= 11 is 0. The summed E-state index contributed by atoms with van der Waals surface area (Å²) in [6.07, 6.45) is 0. The molecule has 4 aromatic rings. The van der Waals surface area contributed by atoms with Crippen LogP contribution in [0.1, 0.15) is 47.1 Å². The van der Waals surface area contributed by atoms with Gasteiger partial charge in [0.2, 0.25) is 11.7 Å². The number of hydrogen-bond acceptors (Lipinski definition) is 7. The Morgan fingerprint density at radius 2 is 1.64 bits per heavy atom. The van der Waals surface area contributed by atoms with Crippen LogP contribution in [-0.4, -0.2) is 54.0 Å². The van der Waals surface area contributed by atoms with Crippen LogP contribution in [0.3, 0.4) is 0 Å². The molecule has 0 atom stereocenters. The van der Waals surface area contributed by atoms with Crippen molar-refractivity contribution in [3.63, 3.8) is 0 Å². The number of nitrogens with one attached hydrogen (secondary N) is 1. The number of aryl methyl sites for hydroxylation is 1. The first-order chi connectivity index (χ1) is 18.7. The minimum atomic E-state index is -2.89. The lowest BCUT2D eigenvalue weighted by Crippen LogP contribution is -2.39. The van der Waals surface area contributed by atoms with Gasteiger partial charge < -0.3 is 9.84 Å². The van der Waals surface area contributed by atoms with Crippen LogP contribution in [0.25, 0.3) is 22.5 Å². The van der Waals surface area contributed by atoms with E-state index in [1.54, 1.807) is 0 Å². The Morgan fingerprint density at radius 3 is 2.28 bits per heavy atom. The molecular formula is C30H32N4O4S. The van der Waals surface area contributed by atoms with Crippen molar-refractivity contribution in [2.45, 2.75) is 33.2 Å². The Hall–Kier alpha value is -3.82. The molecule has 5 rings (SSSR count). The molecule has 1 saturated heterocycles. The van der Waals surface area contributed by atoms with E-state index < -0.39 is 9.84 Å². The third-order valence-electron chi connectivity index (χ3n) is 6.94. The first-order valence-electron chi connectivity index (χ1n) is 13.0. The number of anilines is 1. The van der Waals surface area contributed by atoms with Crippen LogP contribution in [0.4, 0.5) is 5.69 Å². The van der Waals surface area contributed by atoms with E-state index >= 15 is 0 Å². The van der Waals surface area contributed by atoms with Crippen LogP contribution in [0, 0.1) is 6.92 Å². The molecule has 0 bridgehead atoms. The maximum atomic E-state index is 12.9. The summed E-state index contributed by atoms with van der Waals surface area (Å²) in [5.41, 5.74) is 6.36. The van der Waals surface area contributed by atoms with Crippen molar-refractivity contribution >= 4 is 21.4 Å². The van der Waals surface area contributed by atoms with Gasteiger partial charge in [0.15, 0.2) is 9.84 Å². The van der Waals surface area contributed by atoms with Gasteiger partial charge in [-0.05, 0) is 59.5 Å². The third kappa shape index (κ3) is 6.43. The van der Waals surface area contributed by atoms with Crippen molar-refractivity contribution in [2.75, 3.05) is 29.9 Å². The summed E-state index contributed by atoms with van der Waals surface area (Å²) in [7, 11) is -2.89. The second kappa shape index (κ2) is 11.1. The second-order valence-corrected chi connectivity index (χ2v) is 12.6. The van der Waals surface area contributed by atoms with E-state index in [0.717, 1.165) is 27.8 Å². The maximum Gasteiger partial charge on any atom is 0.255 e. The molecule has 8 nitrogen and oxygen atoms in total. The molecular weight excluding hydrogens is 512 g/mol. The molecule has 2 heterocycles. The minimum Gasteiger partial charge on any atom is -0.339 e. The lowest BCUT2D eigenvalue weighted by atomic mass is 9.97. The number of rotatable bonds is 7. The van der Waals surface area contributed by atoms with Crippen LogP contribution in [0.5, 0.6) is 0 Å². The molecule has 9 heteroatoms. The Labute approximate surface area is 229 Å². The average molecular weight is 545 g/mol. The lowest BCUT2D eigenvalue weighted by Gasteiger charge is -2.26. The van der Waals surface area contributed by atoms with Crippen molar-refractivity contribution in [3.05, 3.63) is 89.3 Å². The SMILES string of the molecule is Cc1ccc(-c2noc(C(C)C)n2)cc1-c1ccc(C(=O)Nc2ccc(CN3CCS(=O)(=O)CC3)cc2)cc1. The van der Waals surface area contributed by atoms with E-state index in [1.165, 1.54) is 0 Å². The van der Waals surface area contributed by atoms with E-state index in [1.807, 2.05) is 87.5 Å². The Bertz CT molecular complexity index is 1560. The van der Waals surface area contributed by atoms with E-state index in [9.17, 15) is 13.2 Å². The van der Waals surface area contributed by atoms with Crippen LogP contribution >= 0.6 is 0 Å². The highest BCUT2D eigenvalue weighted by molar-refractivity contribution is 7.91. The number of nitrogens with zero attached hydrogens (tertiary/aromatic N) is 3. The smallest absolute Gasteiger partial charge is 0.255 e. The second-order valence-electron chi connectivity index (χ2n) is 10.3. The number of aromatic nitrogens is 2. The molecule has 1 aromatic heterocycles. The van der Waals surface area contributed by atoms with Gasteiger partial charge in [0.25, 0.3) is 5.91 Å². The lowest BCUT2D eigenvalue weighted by molar-refractivity contribution is 0.102. The van der Waals surface area contributed by atoms with Crippen molar-refractivity contribution in [1.82, 2.24) is 15.0 Å². The fourth-order valence-corrected chi connectivity index (χ4v) is 5.80. The van der Waals surface area contributed by atoms with Gasteiger partial charge in [-0.2, -0.15) is 4.98 Å². The highest BCUT2D eigenvalue weighted by Gasteiger charge is 2.21. The van der Waals surface area contributed by atoms with Crippen LogP contribution < -0.4 is 5.32 Å². The largest absolute Gasteiger partial charge is 0.339 e. The Kier molecular flexibility index (Phi) is 7.63. The Balaban J connectivity index is 1.23. The molecule has 39 heavy (non-hydrogen) atoms. The quantitative estimate of drug-likeness (QED) is 0.336. The molecule has 1 aliphatic heterocycles. The van der Waals surface area contributed by atoms with E-state index in [-0.39, 0.29) is 23.3 Å². The van der Waals surface area contributed by atoms with Gasteiger partial charge in [-0.3, -0.25) is 9.69 Å². The van der Waals surface area contributed by atoms with Crippen molar-refractivity contribution in [1.29, 1.82) is 0 Å². The molecule has 1 fully saturated rings. The van der Waals surface area contributed by atoms with Gasteiger partial charge in [-0.25, -0.2) is 8.42 Å². The summed E-state index contributed by atoms with van der Waals surface area (Å²) in [6, 6.07) is 21.3. The fourth-order valence-electron chi connectivity index (χ4n) is 4.52. The standard InChI is InChI=1S/C30H32N4O4S/c1-20(2)30-32-28(33-38-30)25-7-4-21(3)27(18-25)23-8-10-24(11-9-23)29(35)31-26-12-5-22(6-13-26)19-34-14-16-39(36,37)17-15-34/h4-13,18,20H,14-17,19H2,1-3H3,(H,31,35). The highest BCUT2D eigenvalue weighted by Crippen LogP contribution is 2.29. The number of sulfone groups is 1. The summed E-state index contributed by atoms with van der Waals surface area (Å²) < 4.78 is 28.6.